The summed E-state index contributed by atoms with van der Waals surface area (Å²) in [6.45, 7) is 6.70. The minimum absolute atomic E-state index is 0.368. The first-order chi connectivity index (χ1) is 8.58. The van der Waals surface area contributed by atoms with E-state index in [-0.39, 0.29) is 0 Å². The number of hydrogen-bond acceptors (Lipinski definition) is 3. The molecule has 0 aliphatic rings. The smallest absolute Gasteiger partial charge is 0.184 e. The summed E-state index contributed by atoms with van der Waals surface area (Å²) in [7, 11) is 0. The van der Waals surface area contributed by atoms with E-state index in [1.54, 1.807) is 0 Å². The van der Waals surface area contributed by atoms with Gasteiger partial charge in [-0.15, -0.1) is 0 Å². The Labute approximate surface area is 114 Å². The monoisotopic (exact) mass is 266 g/mol. The maximum Gasteiger partial charge on any atom is 0.184 e. The largest absolute Gasteiger partial charge is 0.475 e. The minimum Gasteiger partial charge on any atom is -0.475 e. The molecule has 0 aromatic heterocycles. The molecule has 0 heterocycles. The molecule has 0 aliphatic heterocycles. The Kier molecular flexibility index (Phi) is 5.97. The molecule has 1 unspecified atom stereocenters. The van der Waals surface area contributed by atoms with Crippen LogP contribution in [0.3, 0.4) is 0 Å². The van der Waals surface area contributed by atoms with Crippen LogP contribution >= 0.6 is 11.6 Å². The van der Waals surface area contributed by atoms with Crippen LogP contribution < -0.4 is 10.1 Å². The number of nitrogens with one attached hydrogen (secondary N) is 1. The molecule has 3 nitrogen and oxygen atoms in total. The van der Waals surface area contributed by atoms with Crippen LogP contribution in [0.25, 0.3) is 0 Å². The third kappa shape index (κ3) is 4.21. The Bertz CT molecular complexity index is 426. The zero-order valence-electron chi connectivity index (χ0n) is 11.0. The maximum absolute atomic E-state index is 8.94. The molecule has 98 valence electrons. The quantitative estimate of drug-likeness (QED) is 0.857. The van der Waals surface area contributed by atoms with E-state index in [0.717, 1.165) is 5.56 Å². The average Bonchev–Trinajstić information content (AvgIpc) is 2.34. The highest BCUT2D eigenvalue weighted by molar-refractivity contribution is 6.31. The van der Waals surface area contributed by atoms with Crippen molar-refractivity contribution in [3.63, 3.8) is 0 Å². The third-order valence-electron chi connectivity index (χ3n) is 2.55. The Morgan fingerprint density at radius 2 is 2.17 bits per heavy atom. The summed E-state index contributed by atoms with van der Waals surface area (Å²) < 4.78 is 5.67. The summed E-state index contributed by atoms with van der Waals surface area (Å²) >= 11 is 6.18. The van der Waals surface area contributed by atoms with Gasteiger partial charge in [0.25, 0.3) is 0 Å². The zero-order chi connectivity index (χ0) is 13.5. The normalized spacial score (nSPS) is 12.2. The topological polar surface area (TPSA) is 45.0 Å². The molecule has 1 atom stereocenters. The van der Waals surface area contributed by atoms with Gasteiger partial charge in [-0.3, -0.25) is 0 Å². The van der Waals surface area contributed by atoms with Gasteiger partial charge >= 0.3 is 0 Å². The van der Waals surface area contributed by atoms with Crippen LogP contribution in [0.15, 0.2) is 18.2 Å². The highest BCUT2D eigenvalue weighted by Crippen LogP contribution is 2.27. The van der Waals surface area contributed by atoms with Crippen LogP contribution in [0.5, 0.6) is 5.75 Å². The molecule has 1 aromatic rings. The number of ether oxygens (including phenoxy) is 1. The highest BCUT2D eigenvalue weighted by Gasteiger charge is 2.12. The van der Waals surface area contributed by atoms with Crippen molar-refractivity contribution in [1.82, 2.24) is 5.32 Å². The highest BCUT2D eigenvalue weighted by atomic mass is 35.5. The summed E-state index contributed by atoms with van der Waals surface area (Å²) in [5.74, 6) is 0.684. The predicted molar refractivity (Wildman–Crippen MR) is 73.7 cm³/mol. The van der Waals surface area contributed by atoms with Crippen molar-refractivity contribution in [2.24, 2.45) is 0 Å². The van der Waals surface area contributed by atoms with Gasteiger partial charge in [-0.25, -0.2) is 0 Å². The maximum atomic E-state index is 8.94. The van der Waals surface area contributed by atoms with Crippen molar-refractivity contribution in [3.05, 3.63) is 28.8 Å². The lowest BCUT2D eigenvalue weighted by molar-refractivity contribution is 0.249. The molecule has 1 N–H and O–H groups in total. The van der Waals surface area contributed by atoms with E-state index in [9.17, 15) is 0 Å². The molecule has 0 spiro atoms. The van der Waals surface area contributed by atoms with Gasteiger partial charge in [0.15, 0.2) is 6.10 Å². The molecule has 18 heavy (non-hydrogen) atoms. The van der Waals surface area contributed by atoms with Crippen LogP contribution in [0, 0.1) is 11.3 Å². The molecule has 0 saturated carbocycles. The molecular weight excluding hydrogens is 248 g/mol. The van der Waals surface area contributed by atoms with E-state index in [1.807, 2.05) is 25.1 Å². The summed E-state index contributed by atoms with van der Waals surface area (Å²) in [5, 5.41) is 12.9. The van der Waals surface area contributed by atoms with Gasteiger partial charge in [0, 0.05) is 23.2 Å². The van der Waals surface area contributed by atoms with Crippen LogP contribution in [0.1, 0.15) is 32.8 Å². The van der Waals surface area contributed by atoms with E-state index in [0.29, 0.717) is 29.8 Å². The van der Waals surface area contributed by atoms with E-state index in [1.165, 1.54) is 0 Å². The van der Waals surface area contributed by atoms with Crippen molar-refractivity contribution in [2.75, 3.05) is 0 Å². The molecule has 0 amide bonds. The standard InChI is InChI=1S/C14H19ClN2O/c1-4-11(8-16)18-14-7-5-6-13(15)12(14)9-17-10(2)3/h5-7,10-11,17H,4,9H2,1-3H3. The second kappa shape index (κ2) is 7.25. The zero-order valence-corrected chi connectivity index (χ0v) is 11.8. The molecule has 0 radical (unpaired) electrons. The van der Waals surface area contributed by atoms with Gasteiger partial charge in [0.05, 0.1) is 0 Å². The van der Waals surface area contributed by atoms with Crippen molar-refractivity contribution < 1.29 is 4.74 Å². The number of hydrogen-bond donors (Lipinski definition) is 1. The van der Waals surface area contributed by atoms with Gasteiger partial charge in [-0.2, -0.15) is 5.26 Å². The molecule has 0 bridgehead atoms. The summed E-state index contributed by atoms with van der Waals surface area (Å²) in [6, 6.07) is 8.01. The molecule has 1 rings (SSSR count). The van der Waals surface area contributed by atoms with E-state index in [2.05, 4.69) is 25.2 Å². The van der Waals surface area contributed by atoms with E-state index in [4.69, 9.17) is 21.6 Å². The fourth-order valence-electron chi connectivity index (χ4n) is 1.48. The van der Waals surface area contributed by atoms with Crippen LogP contribution in [0.2, 0.25) is 5.02 Å². The number of benzene rings is 1. The van der Waals surface area contributed by atoms with Crippen molar-refractivity contribution in [2.45, 2.75) is 45.9 Å². The van der Waals surface area contributed by atoms with Crippen molar-refractivity contribution in [1.29, 1.82) is 5.26 Å². The van der Waals surface area contributed by atoms with Gasteiger partial charge in [-0.05, 0) is 18.6 Å². The fraction of sp³-hybridized carbons (Fsp3) is 0.500. The molecular formula is C14H19ClN2O. The van der Waals surface area contributed by atoms with Crippen molar-refractivity contribution in [3.8, 4) is 11.8 Å². The molecule has 0 saturated heterocycles. The lowest BCUT2D eigenvalue weighted by atomic mass is 10.2. The minimum atomic E-state index is -0.429. The van der Waals surface area contributed by atoms with E-state index < -0.39 is 6.10 Å². The van der Waals surface area contributed by atoms with Gasteiger partial charge in [-0.1, -0.05) is 38.4 Å². The molecule has 0 fully saturated rings. The Hall–Kier alpha value is -1.24. The van der Waals surface area contributed by atoms with E-state index >= 15 is 0 Å². The molecule has 0 aliphatic carbocycles. The number of rotatable bonds is 6. The second-order valence-corrected chi connectivity index (χ2v) is 4.80. The first kappa shape index (κ1) is 14.8. The number of halogens is 1. The first-order valence-corrected chi connectivity index (χ1v) is 6.53. The SMILES string of the molecule is CCC(C#N)Oc1cccc(Cl)c1CNC(C)C. The molecule has 4 heteroatoms. The lowest BCUT2D eigenvalue weighted by Gasteiger charge is -2.17. The third-order valence-corrected chi connectivity index (χ3v) is 2.90. The fourth-order valence-corrected chi connectivity index (χ4v) is 1.71. The second-order valence-electron chi connectivity index (χ2n) is 4.40. The van der Waals surface area contributed by atoms with Crippen LogP contribution in [0.4, 0.5) is 0 Å². The van der Waals surface area contributed by atoms with Gasteiger partial charge < -0.3 is 10.1 Å². The summed E-state index contributed by atoms with van der Waals surface area (Å²) in [6.07, 6.45) is 0.223. The predicted octanol–water partition coefficient (Wildman–Crippen LogP) is 3.52. The first-order valence-electron chi connectivity index (χ1n) is 6.15. The average molecular weight is 267 g/mol. The van der Waals surface area contributed by atoms with Gasteiger partial charge in [0.2, 0.25) is 0 Å². The summed E-state index contributed by atoms with van der Waals surface area (Å²) in [4.78, 5) is 0. The van der Waals surface area contributed by atoms with Gasteiger partial charge in [0.1, 0.15) is 11.8 Å². The number of nitrogens with zero attached hydrogens (tertiary/aromatic N) is 1. The molecule has 1 aromatic carbocycles. The Balaban J connectivity index is 2.89. The van der Waals surface area contributed by atoms with Crippen LogP contribution in [-0.4, -0.2) is 12.1 Å². The van der Waals surface area contributed by atoms with Crippen molar-refractivity contribution >= 4 is 11.6 Å². The van der Waals surface area contributed by atoms with Crippen LogP contribution in [-0.2, 0) is 6.54 Å². The Morgan fingerprint density at radius 1 is 1.44 bits per heavy atom. The Morgan fingerprint density at radius 3 is 2.72 bits per heavy atom. The number of nitriles is 1. The summed E-state index contributed by atoms with van der Waals surface area (Å²) in [5.41, 5.74) is 0.904. The lowest BCUT2D eigenvalue weighted by Crippen LogP contribution is -2.23.